The van der Waals surface area contributed by atoms with Crippen LogP contribution in [0.4, 0.5) is 17.6 Å². The molecule has 3 heterocycles. The zero-order valence-electron chi connectivity index (χ0n) is 19.7. The first kappa shape index (κ1) is 25.7. The van der Waals surface area contributed by atoms with Crippen LogP contribution in [0, 0.1) is 5.82 Å². The van der Waals surface area contributed by atoms with Gasteiger partial charge in [-0.05, 0) is 30.3 Å². The van der Waals surface area contributed by atoms with Crippen LogP contribution < -0.4 is 11.2 Å². The van der Waals surface area contributed by atoms with Crippen LogP contribution in [0.2, 0.25) is 10.0 Å². The lowest BCUT2D eigenvalue weighted by atomic mass is 10.1. The van der Waals surface area contributed by atoms with E-state index in [0.29, 0.717) is 22.9 Å². The van der Waals surface area contributed by atoms with Crippen molar-refractivity contribution in [2.45, 2.75) is 6.18 Å². The average Bonchev–Trinajstić information content (AvgIpc) is 3.30. The summed E-state index contributed by atoms with van der Waals surface area (Å²) in [6.45, 7) is 0. The molecule has 1 N–H and O–H groups in total. The van der Waals surface area contributed by atoms with Gasteiger partial charge in [-0.15, -0.1) is 5.10 Å². The highest BCUT2D eigenvalue weighted by molar-refractivity contribution is 6.42. The van der Waals surface area contributed by atoms with E-state index in [1.165, 1.54) is 18.3 Å². The first-order valence-corrected chi connectivity index (χ1v) is 12.1. The van der Waals surface area contributed by atoms with E-state index in [4.69, 9.17) is 23.2 Å². The lowest BCUT2D eigenvalue weighted by Gasteiger charge is -2.15. The van der Waals surface area contributed by atoms with E-state index in [1.54, 1.807) is 30.5 Å². The third-order valence-electron chi connectivity index (χ3n) is 6.23. The molecule has 0 bridgehead atoms. The number of fused-ring (bicyclic) bond motifs is 2. The number of nitrogens with zero attached hydrogens (tertiary/aromatic N) is 5. The van der Waals surface area contributed by atoms with Crippen LogP contribution in [0.25, 0.3) is 44.4 Å². The third kappa shape index (κ3) is 4.12. The minimum Gasteiger partial charge on any atom is -0.304 e. The van der Waals surface area contributed by atoms with E-state index < -0.39 is 28.8 Å². The first-order valence-electron chi connectivity index (χ1n) is 11.3. The number of alkyl halides is 3. The molecule has 14 heteroatoms. The highest BCUT2D eigenvalue weighted by Crippen LogP contribution is 2.35. The van der Waals surface area contributed by atoms with E-state index in [1.807, 2.05) is 0 Å². The van der Waals surface area contributed by atoms with Crippen LogP contribution in [0.15, 0.2) is 76.6 Å². The molecule has 0 aliphatic heterocycles. The Morgan fingerprint density at radius 3 is 2.45 bits per heavy atom. The molecule has 0 unspecified atom stereocenters. The van der Waals surface area contributed by atoms with Gasteiger partial charge in [0.05, 0.1) is 38.7 Å². The van der Waals surface area contributed by atoms with E-state index >= 15 is 0 Å². The van der Waals surface area contributed by atoms with Crippen LogP contribution in [0.5, 0.6) is 0 Å². The van der Waals surface area contributed by atoms with Crippen molar-refractivity contribution in [2.24, 2.45) is 0 Å². The number of hydrogen-bond donors (Lipinski definition) is 1. The normalized spacial score (nSPS) is 11.9. The summed E-state index contributed by atoms with van der Waals surface area (Å²) < 4.78 is 56.6. The summed E-state index contributed by atoms with van der Waals surface area (Å²) in [4.78, 5) is 34.2. The summed E-state index contributed by atoms with van der Waals surface area (Å²) >= 11 is 12.3. The van der Waals surface area contributed by atoms with Gasteiger partial charge in [0.2, 0.25) is 0 Å². The van der Waals surface area contributed by atoms with Crippen molar-refractivity contribution >= 4 is 45.0 Å². The van der Waals surface area contributed by atoms with Crippen LogP contribution in [-0.4, -0.2) is 29.5 Å². The highest BCUT2D eigenvalue weighted by Gasteiger charge is 2.35. The van der Waals surface area contributed by atoms with Crippen molar-refractivity contribution in [3.05, 3.63) is 109 Å². The first-order chi connectivity index (χ1) is 19.0. The standard InChI is InChI=1S/C26H12Cl2F4N6O2/c27-16-8-19-20(9-17(16)28)38(36-35-19)23-22(12-5-6-18(29)15(7-12)26(30,31)32)34-25(40)37(24(23)39)21-11-33-10-13-3-1-2-4-14(13)21/h1-11H,(H,34,40). The number of aromatic amines is 1. The summed E-state index contributed by atoms with van der Waals surface area (Å²) in [5.74, 6) is -1.53. The molecule has 0 amide bonds. The zero-order chi connectivity index (χ0) is 28.3. The van der Waals surface area contributed by atoms with Crippen molar-refractivity contribution in [1.29, 1.82) is 0 Å². The molecule has 200 valence electrons. The Kier molecular flexibility index (Phi) is 5.97. The summed E-state index contributed by atoms with van der Waals surface area (Å²) in [5, 5.41) is 9.37. The molecule has 0 radical (unpaired) electrons. The summed E-state index contributed by atoms with van der Waals surface area (Å²) in [5.41, 5.74) is -4.09. The van der Waals surface area contributed by atoms with E-state index in [-0.39, 0.29) is 43.7 Å². The number of rotatable bonds is 3. The molecule has 0 saturated carbocycles. The summed E-state index contributed by atoms with van der Waals surface area (Å²) in [7, 11) is 0. The second-order valence-electron chi connectivity index (χ2n) is 8.62. The van der Waals surface area contributed by atoms with Gasteiger partial charge in [0.15, 0.2) is 5.69 Å². The maximum atomic E-state index is 14.1. The predicted octanol–water partition coefficient (Wildman–Crippen LogP) is 5.94. The molecule has 6 aromatic rings. The summed E-state index contributed by atoms with van der Waals surface area (Å²) in [6.07, 6.45) is -2.20. The van der Waals surface area contributed by atoms with Crippen LogP contribution in [-0.2, 0) is 6.18 Å². The minimum absolute atomic E-state index is 0.0865. The van der Waals surface area contributed by atoms with Crippen molar-refractivity contribution in [2.75, 3.05) is 0 Å². The average molecular weight is 587 g/mol. The molecule has 0 saturated heterocycles. The zero-order valence-corrected chi connectivity index (χ0v) is 21.2. The number of hydrogen-bond acceptors (Lipinski definition) is 5. The molecule has 40 heavy (non-hydrogen) atoms. The monoisotopic (exact) mass is 586 g/mol. The van der Waals surface area contributed by atoms with E-state index in [9.17, 15) is 27.2 Å². The predicted molar refractivity (Wildman–Crippen MR) is 141 cm³/mol. The molecule has 0 fully saturated rings. The number of H-pyrrole nitrogens is 1. The Morgan fingerprint density at radius 2 is 1.68 bits per heavy atom. The Balaban J connectivity index is 1.74. The minimum atomic E-state index is -5.05. The van der Waals surface area contributed by atoms with Gasteiger partial charge in [0, 0.05) is 22.5 Å². The van der Waals surface area contributed by atoms with Gasteiger partial charge < -0.3 is 4.98 Å². The number of aromatic nitrogens is 6. The van der Waals surface area contributed by atoms with Crippen LogP contribution in [0.1, 0.15) is 5.56 Å². The van der Waals surface area contributed by atoms with Gasteiger partial charge in [-0.25, -0.2) is 18.4 Å². The lowest BCUT2D eigenvalue weighted by molar-refractivity contribution is -0.139. The van der Waals surface area contributed by atoms with Gasteiger partial charge in [-0.1, -0.05) is 52.7 Å². The molecule has 0 aliphatic rings. The fourth-order valence-corrected chi connectivity index (χ4v) is 4.73. The Labute approximate surface area is 230 Å². The maximum absolute atomic E-state index is 14.1. The number of pyridine rings is 1. The number of benzene rings is 3. The Hall–Kier alpha value is -4.55. The van der Waals surface area contributed by atoms with Gasteiger partial charge in [-0.3, -0.25) is 9.78 Å². The van der Waals surface area contributed by atoms with Gasteiger partial charge in [-0.2, -0.15) is 13.2 Å². The van der Waals surface area contributed by atoms with Crippen molar-refractivity contribution in [1.82, 2.24) is 29.5 Å². The fraction of sp³-hybridized carbons (Fsp3) is 0.0385. The van der Waals surface area contributed by atoms with Crippen LogP contribution in [0.3, 0.4) is 0 Å². The quantitative estimate of drug-likeness (QED) is 0.259. The largest absolute Gasteiger partial charge is 0.419 e. The SMILES string of the molecule is O=c1[nH]c(-c2ccc(F)c(C(F)(F)F)c2)c(-n2nnc3cc(Cl)c(Cl)cc32)c(=O)n1-c1cncc2ccccc12. The third-order valence-corrected chi connectivity index (χ3v) is 6.95. The maximum Gasteiger partial charge on any atom is 0.419 e. The molecular formula is C26H12Cl2F4N6O2. The molecule has 0 atom stereocenters. The van der Waals surface area contributed by atoms with Crippen molar-refractivity contribution < 1.29 is 17.6 Å². The Bertz CT molecular complexity index is 2100. The van der Waals surface area contributed by atoms with E-state index in [2.05, 4.69) is 20.3 Å². The van der Waals surface area contributed by atoms with Crippen molar-refractivity contribution in [3.63, 3.8) is 0 Å². The number of halogens is 6. The van der Waals surface area contributed by atoms with Gasteiger partial charge in [0.25, 0.3) is 5.56 Å². The second-order valence-corrected chi connectivity index (χ2v) is 9.44. The molecule has 6 rings (SSSR count). The molecule has 3 aromatic carbocycles. The molecular weight excluding hydrogens is 575 g/mol. The highest BCUT2D eigenvalue weighted by atomic mass is 35.5. The van der Waals surface area contributed by atoms with Crippen LogP contribution >= 0.6 is 23.2 Å². The second kappa shape index (κ2) is 9.28. The molecule has 0 spiro atoms. The fourth-order valence-electron chi connectivity index (χ4n) is 4.41. The summed E-state index contributed by atoms with van der Waals surface area (Å²) in [6, 6.07) is 11.7. The van der Waals surface area contributed by atoms with Gasteiger partial charge in [0.1, 0.15) is 11.3 Å². The molecule has 0 aliphatic carbocycles. The van der Waals surface area contributed by atoms with Gasteiger partial charge >= 0.3 is 11.9 Å². The van der Waals surface area contributed by atoms with E-state index in [0.717, 1.165) is 15.3 Å². The lowest BCUT2D eigenvalue weighted by Crippen LogP contribution is -2.37. The smallest absolute Gasteiger partial charge is 0.304 e. The Morgan fingerprint density at radius 1 is 0.925 bits per heavy atom. The molecule has 8 nitrogen and oxygen atoms in total. The van der Waals surface area contributed by atoms with Crippen molar-refractivity contribution in [3.8, 4) is 22.6 Å². The topological polar surface area (TPSA) is 98.5 Å². The molecule has 3 aromatic heterocycles. The number of nitrogens with one attached hydrogen (secondary N) is 1.